The summed E-state index contributed by atoms with van der Waals surface area (Å²) in [5.74, 6) is -1.30. The lowest BCUT2D eigenvalue weighted by atomic mass is 10.2. The second-order valence-corrected chi connectivity index (χ2v) is 7.02. The van der Waals surface area contributed by atoms with Gasteiger partial charge in [0.05, 0.1) is 16.5 Å². The third-order valence-electron chi connectivity index (χ3n) is 4.00. The summed E-state index contributed by atoms with van der Waals surface area (Å²) in [5.41, 5.74) is -1.71. The molecule has 1 saturated carbocycles. The lowest BCUT2D eigenvalue weighted by Crippen LogP contribution is -2.48. The van der Waals surface area contributed by atoms with E-state index in [1.165, 1.54) is 0 Å². The molecule has 0 aromatic heterocycles. The Bertz CT molecular complexity index is 894. The van der Waals surface area contributed by atoms with Crippen molar-refractivity contribution in [1.29, 1.82) is 5.26 Å². The highest BCUT2D eigenvalue weighted by Gasteiger charge is 2.46. The number of benzene rings is 1. The van der Waals surface area contributed by atoms with Gasteiger partial charge in [-0.05, 0) is 37.5 Å². The van der Waals surface area contributed by atoms with E-state index in [0.29, 0.717) is 31.9 Å². The average molecular weight is 405 g/mol. The fourth-order valence-corrected chi connectivity index (χ4v) is 3.03. The van der Waals surface area contributed by atoms with Crippen LogP contribution in [0.15, 0.2) is 24.3 Å². The molecule has 1 atom stereocenters. The summed E-state index contributed by atoms with van der Waals surface area (Å²) < 4.78 is 69.3. The zero-order valence-electron chi connectivity index (χ0n) is 13.8. The van der Waals surface area contributed by atoms with Gasteiger partial charge in [-0.15, -0.1) is 0 Å². The van der Waals surface area contributed by atoms with Crippen LogP contribution in [0, 0.1) is 17.1 Å². The van der Waals surface area contributed by atoms with Crippen molar-refractivity contribution >= 4 is 21.1 Å². The topological polar surface area (TPSA) is 99.1 Å². The Morgan fingerprint density at radius 2 is 2.00 bits per heavy atom. The molecular formula is C16H15F4N3O3S. The standard InChI is InChI=1S/C9H11N3O3S.C7H4F4/c10-5-9(2-3-9)12-8(13)7-6(16(14)15)1-4-11-7;8-6-3-1-2-5(4-6)7(9,10)11/h7,11H,1-4H2,(H,12,13);1-4H. The maximum Gasteiger partial charge on any atom is 0.416 e. The first-order valence-corrected chi connectivity index (χ1v) is 8.90. The molecule has 11 heteroatoms. The molecule has 1 heterocycles. The summed E-state index contributed by atoms with van der Waals surface area (Å²) >= 11 is 0. The molecule has 27 heavy (non-hydrogen) atoms. The smallest absolute Gasteiger partial charge is 0.336 e. The van der Waals surface area contributed by atoms with E-state index in [1.54, 1.807) is 0 Å². The van der Waals surface area contributed by atoms with Crippen molar-refractivity contribution in [1.82, 2.24) is 10.6 Å². The number of carbonyl (C=O) groups excluding carboxylic acids is 1. The SMILES string of the molecule is Fc1cccc(C(F)(F)F)c1.N#CC1(NC(=O)C2NCCC2=S(=O)=O)CC1. The minimum Gasteiger partial charge on any atom is -0.336 e. The number of carbonyl (C=O) groups is 1. The fraction of sp³-hybridized carbons (Fsp3) is 0.438. The molecule has 1 aromatic carbocycles. The number of nitrogens with one attached hydrogen (secondary N) is 2. The predicted octanol–water partition coefficient (Wildman–Crippen LogP) is 1.42. The molecule has 0 bridgehead atoms. The Morgan fingerprint density at radius 3 is 2.44 bits per heavy atom. The quantitative estimate of drug-likeness (QED) is 0.573. The van der Waals surface area contributed by atoms with E-state index in [4.69, 9.17) is 5.26 Å². The van der Waals surface area contributed by atoms with Gasteiger partial charge >= 0.3 is 6.18 Å². The lowest BCUT2D eigenvalue weighted by molar-refractivity contribution is -0.137. The van der Waals surface area contributed by atoms with Gasteiger partial charge in [0.25, 0.3) is 0 Å². The lowest BCUT2D eigenvalue weighted by Gasteiger charge is -2.13. The van der Waals surface area contributed by atoms with E-state index < -0.39 is 45.3 Å². The molecular weight excluding hydrogens is 390 g/mol. The van der Waals surface area contributed by atoms with Crippen LogP contribution >= 0.6 is 0 Å². The molecule has 2 fully saturated rings. The van der Waals surface area contributed by atoms with Gasteiger partial charge in [0, 0.05) is 6.54 Å². The third kappa shape index (κ3) is 5.51. The monoisotopic (exact) mass is 405 g/mol. The summed E-state index contributed by atoms with van der Waals surface area (Å²) in [5, 5.41) is 14.2. The molecule has 1 aliphatic heterocycles. The van der Waals surface area contributed by atoms with Crippen molar-refractivity contribution < 1.29 is 30.8 Å². The number of nitriles is 1. The Balaban J connectivity index is 0.000000208. The number of rotatable bonds is 2. The van der Waals surface area contributed by atoms with E-state index in [0.717, 1.165) is 18.2 Å². The van der Waals surface area contributed by atoms with Gasteiger partial charge in [-0.3, -0.25) is 4.79 Å². The molecule has 1 saturated heterocycles. The van der Waals surface area contributed by atoms with Gasteiger partial charge in [0.2, 0.25) is 16.2 Å². The zero-order valence-corrected chi connectivity index (χ0v) is 14.6. The Hall–Kier alpha value is -2.45. The highest BCUT2D eigenvalue weighted by molar-refractivity contribution is 7.73. The molecule has 1 unspecified atom stereocenters. The summed E-state index contributed by atoms with van der Waals surface area (Å²) in [6.45, 7) is 0.473. The van der Waals surface area contributed by atoms with Crippen LogP contribution in [-0.2, 0) is 21.3 Å². The molecule has 1 aromatic rings. The molecule has 6 nitrogen and oxygen atoms in total. The Labute approximate surface area is 153 Å². The van der Waals surface area contributed by atoms with Crippen LogP contribution in [0.1, 0.15) is 24.8 Å². The fourth-order valence-electron chi connectivity index (χ4n) is 2.38. The second-order valence-electron chi connectivity index (χ2n) is 6.03. The largest absolute Gasteiger partial charge is 0.416 e. The van der Waals surface area contributed by atoms with Gasteiger partial charge in [-0.2, -0.15) is 26.9 Å². The first-order chi connectivity index (χ1) is 12.6. The predicted molar refractivity (Wildman–Crippen MR) is 87.5 cm³/mol. The number of nitrogens with zero attached hydrogens (tertiary/aromatic N) is 1. The third-order valence-corrected chi connectivity index (χ3v) is 4.86. The van der Waals surface area contributed by atoms with E-state index in [9.17, 15) is 30.8 Å². The van der Waals surface area contributed by atoms with Crippen LogP contribution in [0.2, 0.25) is 0 Å². The first kappa shape index (κ1) is 20.9. The maximum atomic E-state index is 12.2. The number of alkyl halides is 3. The normalized spacial score (nSPS) is 20.1. The first-order valence-electron chi connectivity index (χ1n) is 7.82. The molecule has 1 amide bonds. The van der Waals surface area contributed by atoms with Crippen molar-refractivity contribution in [3.63, 3.8) is 0 Å². The summed E-state index contributed by atoms with van der Waals surface area (Å²) in [6, 6.07) is 4.50. The molecule has 1 aliphatic carbocycles. The molecule has 3 rings (SSSR count). The van der Waals surface area contributed by atoms with E-state index in [-0.39, 0.29) is 4.86 Å². The van der Waals surface area contributed by atoms with E-state index in [1.807, 2.05) is 6.07 Å². The van der Waals surface area contributed by atoms with Crippen molar-refractivity contribution in [2.75, 3.05) is 6.54 Å². The Kier molecular flexibility index (Phi) is 6.22. The van der Waals surface area contributed by atoms with Crippen molar-refractivity contribution in [3.05, 3.63) is 35.6 Å². The van der Waals surface area contributed by atoms with Gasteiger partial charge in [-0.25, -0.2) is 4.39 Å². The second kappa shape index (κ2) is 8.06. The van der Waals surface area contributed by atoms with Crippen molar-refractivity contribution in [2.45, 2.75) is 37.0 Å². The maximum absolute atomic E-state index is 12.2. The summed E-state index contributed by atoms with van der Waals surface area (Å²) in [7, 11) is -2.34. The zero-order chi connectivity index (χ0) is 20.2. The van der Waals surface area contributed by atoms with Gasteiger partial charge in [0.1, 0.15) is 17.4 Å². The van der Waals surface area contributed by atoms with Crippen LogP contribution in [0.25, 0.3) is 0 Å². The highest BCUT2D eigenvalue weighted by Crippen LogP contribution is 2.34. The minimum atomic E-state index is -4.46. The van der Waals surface area contributed by atoms with E-state index in [2.05, 4.69) is 10.6 Å². The van der Waals surface area contributed by atoms with Crippen LogP contribution < -0.4 is 10.6 Å². The molecule has 2 N–H and O–H groups in total. The number of amides is 1. The van der Waals surface area contributed by atoms with Crippen LogP contribution in [0.5, 0.6) is 0 Å². The van der Waals surface area contributed by atoms with Crippen molar-refractivity contribution in [3.8, 4) is 6.07 Å². The average Bonchev–Trinajstić information content (AvgIpc) is 3.18. The summed E-state index contributed by atoms with van der Waals surface area (Å²) in [6.07, 6.45) is -2.83. The van der Waals surface area contributed by atoms with Crippen LogP contribution in [0.3, 0.4) is 0 Å². The minimum absolute atomic E-state index is 0.172. The highest BCUT2D eigenvalue weighted by atomic mass is 32.2. The van der Waals surface area contributed by atoms with Gasteiger partial charge in [0.15, 0.2) is 0 Å². The summed E-state index contributed by atoms with van der Waals surface area (Å²) in [4.78, 5) is 11.9. The number of hydrogen-bond donors (Lipinski definition) is 2. The Morgan fingerprint density at radius 1 is 1.33 bits per heavy atom. The van der Waals surface area contributed by atoms with E-state index >= 15 is 0 Å². The van der Waals surface area contributed by atoms with Crippen molar-refractivity contribution in [2.24, 2.45) is 0 Å². The van der Waals surface area contributed by atoms with Gasteiger partial charge < -0.3 is 10.6 Å². The molecule has 0 radical (unpaired) electrons. The van der Waals surface area contributed by atoms with Crippen LogP contribution in [-0.4, -0.2) is 37.3 Å². The number of halogens is 4. The molecule has 146 valence electrons. The molecule has 2 aliphatic rings. The molecule has 0 spiro atoms. The number of hydrogen-bond acceptors (Lipinski definition) is 5. The van der Waals surface area contributed by atoms with Gasteiger partial charge in [-0.1, -0.05) is 6.07 Å². The van der Waals surface area contributed by atoms with Crippen LogP contribution in [0.4, 0.5) is 17.6 Å².